The van der Waals surface area contributed by atoms with Gasteiger partial charge in [-0.1, -0.05) is 22.0 Å². The molecule has 0 amide bonds. The average Bonchev–Trinajstić information content (AvgIpc) is 3.29. The maximum absolute atomic E-state index is 5.82. The van der Waals surface area contributed by atoms with E-state index in [1.54, 1.807) is 0 Å². The molecule has 1 heterocycles. The Kier molecular flexibility index (Phi) is 4.93. The molecule has 1 aromatic heterocycles. The van der Waals surface area contributed by atoms with E-state index in [1.165, 1.54) is 12.8 Å². The molecular formula is C16H16Br2N2O. The van der Waals surface area contributed by atoms with Crippen molar-refractivity contribution in [2.75, 3.05) is 0 Å². The summed E-state index contributed by atoms with van der Waals surface area (Å²) in [5.41, 5.74) is 2.01. The van der Waals surface area contributed by atoms with E-state index < -0.39 is 0 Å². The number of benzene rings is 1. The van der Waals surface area contributed by atoms with E-state index in [-0.39, 0.29) is 0 Å². The maximum Gasteiger partial charge on any atom is 0.134 e. The van der Waals surface area contributed by atoms with Crippen LogP contribution < -0.4 is 10.1 Å². The van der Waals surface area contributed by atoms with Gasteiger partial charge >= 0.3 is 0 Å². The first kappa shape index (κ1) is 15.0. The second-order valence-electron chi connectivity index (χ2n) is 5.14. The summed E-state index contributed by atoms with van der Waals surface area (Å²) in [6.45, 7) is 1.30. The number of rotatable bonds is 6. The quantitative estimate of drug-likeness (QED) is 0.762. The van der Waals surface area contributed by atoms with E-state index in [0.717, 1.165) is 32.6 Å². The Labute approximate surface area is 141 Å². The van der Waals surface area contributed by atoms with Crippen molar-refractivity contribution in [1.82, 2.24) is 10.3 Å². The molecule has 1 N–H and O–H groups in total. The van der Waals surface area contributed by atoms with Gasteiger partial charge in [-0.2, -0.15) is 0 Å². The molecule has 3 nitrogen and oxygen atoms in total. The van der Waals surface area contributed by atoms with Gasteiger partial charge in [-0.05, 0) is 59.1 Å². The predicted molar refractivity (Wildman–Crippen MR) is 90.3 cm³/mol. The first-order valence-corrected chi connectivity index (χ1v) is 8.55. The fraction of sp³-hybridized carbons (Fsp3) is 0.312. The van der Waals surface area contributed by atoms with Crippen LogP contribution in [0.25, 0.3) is 0 Å². The average molecular weight is 412 g/mol. The van der Waals surface area contributed by atoms with Crippen molar-refractivity contribution in [1.29, 1.82) is 0 Å². The molecular weight excluding hydrogens is 396 g/mol. The van der Waals surface area contributed by atoms with Gasteiger partial charge in [0.05, 0.1) is 15.9 Å². The molecule has 0 radical (unpaired) electrons. The molecule has 1 saturated carbocycles. The number of ether oxygens (including phenoxy) is 1. The molecule has 0 bridgehead atoms. The van der Waals surface area contributed by atoms with Gasteiger partial charge < -0.3 is 10.1 Å². The summed E-state index contributed by atoms with van der Waals surface area (Å²) in [7, 11) is 0. The first-order valence-electron chi connectivity index (χ1n) is 6.97. The molecule has 0 aliphatic heterocycles. The molecule has 1 fully saturated rings. The highest BCUT2D eigenvalue weighted by atomic mass is 79.9. The van der Waals surface area contributed by atoms with E-state index in [9.17, 15) is 0 Å². The Bertz CT molecular complexity index is 629. The summed E-state index contributed by atoms with van der Waals surface area (Å²) in [6.07, 6.45) is 2.58. The van der Waals surface area contributed by atoms with Gasteiger partial charge in [0.1, 0.15) is 12.4 Å². The maximum atomic E-state index is 5.82. The minimum atomic E-state index is 0.470. The molecule has 1 aromatic carbocycles. The second kappa shape index (κ2) is 6.90. The van der Waals surface area contributed by atoms with Crippen LogP contribution in [0.3, 0.4) is 0 Å². The van der Waals surface area contributed by atoms with Gasteiger partial charge in [0.25, 0.3) is 0 Å². The van der Waals surface area contributed by atoms with Crippen LogP contribution in [-0.2, 0) is 13.2 Å². The second-order valence-corrected chi connectivity index (χ2v) is 6.91. The van der Waals surface area contributed by atoms with Crippen LogP contribution in [0.5, 0.6) is 5.75 Å². The monoisotopic (exact) mass is 410 g/mol. The highest BCUT2D eigenvalue weighted by molar-refractivity contribution is 9.11. The van der Waals surface area contributed by atoms with Gasteiger partial charge in [-0.15, -0.1) is 0 Å². The van der Waals surface area contributed by atoms with Crippen molar-refractivity contribution in [2.24, 2.45) is 0 Å². The lowest BCUT2D eigenvalue weighted by atomic mass is 10.3. The molecule has 1 aliphatic carbocycles. The SMILES string of the molecule is Brc1ccc(OCc2cccc(CNC3CC3)n2)c(Br)c1. The highest BCUT2D eigenvalue weighted by Crippen LogP contribution is 2.28. The lowest BCUT2D eigenvalue weighted by Crippen LogP contribution is -2.16. The topological polar surface area (TPSA) is 34.1 Å². The van der Waals surface area contributed by atoms with Crippen LogP contribution in [0.15, 0.2) is 45.3 Å². The molecule has 0 unspecified atom stereocenters. The van der Waals surface area contributed by atoms with Crippen LogP contribution in [-0.4, -0.2) is 11.0 Å². The lowest BCUT2D eigenvalue weighted by molar-refractivity contribution is 0.299. The molecule has 5 heteroatoms. The predicted octanol–water partition coefficient (Wildman–Crippen LogP) is 4.44. The smallest absolute Gasteiger partial charge is 0.134 e. The van der Waals surface area contributed by atoms with Crippen LogP contribution in [0.4, 0.5) is 0 Å². The van der Waals surface area contributed by atoms with Crippen LogP contribution >= 0.6 is 31.9 Å². The number of pyridine rings is 1. The highest BCUT2D eigenvalue weighted by Gasteiger charge is 2.20. The van der Waals surface area contributed by atoms with Crippen LogP contribution in [0, 0.1) is 0 Å². The number of nitrogens with zero attached hydrogens (tertiary/aromatic N) is 1. The van der Waals surface area contributed by atoms with Crippen molar-refractivity contribution in [3.8, 4) is 5.75 Å². The van der Waals surface area contributed by atoms with Crippen LogP contribution in [0.2, 0.25) is 0 Å². The zero-order chi connectivity index (χ0) is 14.7. The molecule has 1 aliphatic rings. The van der Waals surface area contributed by atoms with Gasteiger partial charge in [0.2, 0.25) is 0 Å². The van der Waals surface area contributed by atoms with Crippen molar-refractivity contribution in [3.63, 3.8) is 0 Å². The molecule has 21 heavy (non-hydrogen) atoms. The molecule has 110 valence electrons. The summed E-state index contributed by atoms with van der Waals surface area (Å²) in [6, 6.07) is 12.6. The summed E-state index contributed by atoms with van der Waals surface area (Å²) in [5, 5.41) is 3.47. The molecule has 0 atom stereocenters. The molecule has 3 rings (SSSR count). The third kappa shape index (κ3) is 4.53. The summed E-state index contributed by atoms with van der Waals surface area (Å²) < 4.78 is 7.78. The van der Waals surface area contributed by atoms with Crippen molar-refractivity contribution < 1.29 is 4.74 Å². The minimum Gasteiger partial charge on any atom is -0.486 e. The number of hydrogen-bond acceptors (Lipinski definition) is 3. The Hall–Kier alpha value is -0.910. The zero-order valence-corrected chi connectivity index (χ0v) is 14.7. The fourth-order valence-corrected chi connectivity index (χ4v) is 3.15. The number of nitrogens with one attached hydrogen (secondary N) is 1. The summed E-state index contributed by atoms with van der Waals surface area (Å²) in [4.78, 5) is 4.62. The van der Waals surface area contributed by atoms with Crippen LogP contribution in [0.1, 0.15) is 24.2 Å². The summed E-state index contributed by atoms with van der Waals surface area (Å²) >= 11 is 6.93. The minimum absolute atomic E-state index is 0.470. The van der Waals surface area contributed by atoms with Gasteiger partial charge in [0.15, 0.2) is 0 Å². The largest absolute Gasteiger partial charge is 0.486 e. The molecule has 0 saturated heterocycles. The first-order chi connectivity index (χ1) is 10.2. The Morgan fingerprint density at radius 2 is 1.95 bits per heavy atom. The third-order valence-corrected chi connectivity index (χ3v) is 4.40. The van der Waals surface area contributed by atoms with E-state index in [2.05, 4.69) is 48.2 Å². The Morgan fingerprint density at radius 1 is 1.14 bits per heavy atom. The Morgan fingerprint density at radius 3 is 2.71 bits per heavy atom. The van der Waals surface area contributed by atoms with E-state index in [1.807, 2.05) is 30.3 Å². The van der Waals surface area contributed by atoms with E-state index in [4.69, 9.17) is 4.74 Å². The standard InChI is InChI=1S/C16H16Br2N2O/c17-11-4-7-16(15(18)8-11)21-10-14-3-1-2-13(20-14)9-19-12-5-6-12/h1-4,7-8,12,19H,5-6,9-10H2. The molecule has 0 spiro atoms. The third-order valence-electron chi connectivity index (χ3n) is 3.28. The lowest BCUT2D eigenvalue weighted by Gasteiger charge is -2.09. The van der Waals surface area contributed by atoms with E-state index >= 15 is 0 Å². The number of halogens is 2. The Balaban J connectivity index is 1.60. The number of aromatic nitrogens is 1. The zero-order valence-electron chi connectivity index (χ0n) is 11.5. The van der Waals surface area contributed by atoms with E-state index in [0.29, 0.717) is 12.6 Å². The number of hydrogen-bond donors (Lipinski definition) is 1. The van der Waals surface area contributed by atoms with Crippen molar-refractivity contribution >= 4 is 31.9 Å². The van der Waals surface area contributed by atoms with Gasteiger partial charge in [-0.3, -0.25) is 4.98 Å². The normalized spacial score (nSPS) is 14.2. The van der Waals surface area contributed by atoms with Crippen molar-refractivity contribution in [2.45, 2.75) is 32.0 Å². The van der Waals surface area contributed by atoms with Crippen molar-refractivity contribution in [3.05, 3.63) is 56.7 Å². The van der Waals surface area contributed by atoms with Gasteiger partial charge in [-0.25, -0.2) is 0 Å². The summed E-state index contributed by atoms with van der Waals surface area (Å²) in [5.74, 6) is 0.821. The fourth-order valence-electron chi connectivity index (χ4n) is 1.99. The molecule has 2 aromatic rings. The van der Waals surface area contributed by atoms with Gasteiger partial charge in [0, 0.05) is 17.1 Å².